The lowest BCUT2D eigenvalue weighted by Gasteiger charge is -2.27. The number of nitrogens with zero attached hydrogens (tertiary/aromatic N) is 1. The molecule has 0 atom stereocenters. The molecule has 0 rings (SSSR count). The second-order valence-electron chi connectivity index (χ2n) is 4.69. The van der Waals surface area contributed by atoms with Gasteiger partial charge in [0.2, 0.25) is 15.9 Å². The maximum atomic E-state index is 11.9. The van der Waals surface area contributed by atoms with Crippen LogP contribution in [0.2, 0.25) is 0 Å². The zero-order valence-corrected chi connectivity index (χ0v) is 13.2. The van der Waals surface area contributed by atoms with Gasteiger partial charge in [-0.2, -0.15) is 0 Å². The Bertz CT molecular complexity index is 374. The van der Waals surface area contributed by atoms with E-state index < -0.39 is 27.2 Å². The summed E-state index contributed by atoms with van der Waals surface area (Å²) < 4.78 is 25.1. The van der Waals surface area contributed by atoms with E-state index in [2.05, 4.69) is 5.32 Å². The Labute approximate surface area is 116 Å². The predicted molar refractivity (Wildman–Crippen MR) is 77.2 cm³/mol. The van der Waals surface area contributed by atoms with Crippen molar-refractivity contribution < 1.29 is 13.2 Å². The summed E-state index contributed by atoms with van der Waals surface area (Å²) in [6.07, 6.45) is 1.46. The molecular weight excluding hydrogens is 266 g/mol. The number of rotatable bonds is 9. The molecule has 0 aliphatic carbocycles. The van der Waals surface area contributed by atoms with Gasteiger partial charge in [0.05, 0.1) is 0 Å². The van der Waals surface area contributed by atoms with Crippen LogP contribution < -0.4 is 11.1 Å². The Morgan fingerprint density at radius 3 is 2.00 bits per heavy atom. The Kier molecular flexibility index (Phi) is 7.54. The lowest BCUT2D eigenvalue weighted by Crippen LogP contribution is -2.50. The quantitative estimate of drug-likeness (QED) is 0.639. The molecule has 0 bridgehead atoms. The van der Waals surface area contributed by atoms with Crippen LogP contribution in [0, 0.1) is 0 Å². The van der Waals surface area contributed by atoms with E-state index in [1.165, 1.54) is 4.31 Å². The van der Waals surface area contributed by atoms with Crippen LogP contribution in [0.15, 0.2) is 0 Å². The van der Waals surface area contributed by atoms with Crippen LogP contribution >= 0.6 is 0 Å². The molecular formula is C12H27N3O3S. The summed E-state index contributed by atoms with van der Waals surface area (Å²) >= 11 is 0. The molecule has 0 saturated heterocycles. The molecule has 0 spiro atoms. The smallest absolute Gasteiger partial charge is 0.236 e. The van der Waals surface area contributed by atoms with Gasteiger partial charge in [0.1, 0.15) is 5.75 Å². The van der Waals surface area contributed by atoms with Crippen molar-refractivity contribution in [1.29, 1.82) is 0 Å². The number of carbonyl (C=O) groups excluding carboxylic acids is 1. The SMILES string of the molecule is CCN(CC)S(=O)(=O)CC(=O)NCC(N)(CC)CC. The molecule has 6 nitrogen and oxygen atoms in total. The molecule has 7 heteroatoms. The van der Waals surface area contributed by atoms with Crippen LogP contribution in [0.25, 0.3) is 0 Å². The van der Waals surface area contributed by atoms with E-state index in [1.807, 2.05) is 13.8 Å². The first kappa shape index (κ1) is 18.3. The third-order valence-electron chi connectivity index (χ3n) is 3.46. The fourth-order valence-electron chi connectivity index (χ4n) is 1.70. The highest BCUT2D eigenvalue weighted by Crippen LogP contribution is 2.09. The topological polar surface area (TPSA) is 92.5 Å². The summed E-state index contributed by atoms with van der Waals surface area (Å²) in [4.78, 5) is 11.7. The molecule has 0 aliphatic rings. The van der Waals surface area contributed by atoms with Crippen molar-refractivity contribution in [2.75, 3.05) is 25.4 Å². The van der Waals surface area contributed by atoms with Crippen LogP contribution in [0.4, 0.5) is 0 Å². The number of hydrogen-bond acceptors (Lipinski definition) is 4. The van der Waals surface area contributed by atoms with Crippen LogP contribution in [-0.4, -0.2) is 49.6 Å². The van der Waals surface area contributed by atoms with Crippen molar-refractivity contribution in [1.82, 2.24) is 9.62 Å². The molecule has 0 heterocycles. The number of carbonyl (C=O) groups is 1. The minimum atomic E-state index is -3.52. The second kappa shape index (κ2) is 7.81. The third kappa shape index (κ3) is 5.88. The number of nitrogens with one attached hydrogen (secondary N) is 1. The first-order chi connectivity index (χ1) is 8.74. The minimum Gasteiger partial charge on any atom is -0.353 e. The number of nitrogens with two attached hydrogens (primary N) is 1. The van der Waals surface area contributed by atoms with Crippen molar-refractivity contribution in [2.24, 2.45) is 5.73 Å². The molecule has 19 heavy (non-hydrogen) atoms. The average molecular weight is 293 g/mol. The Balaban J connectivity index is 4.48. The third-order valence-corrected chi connectivity index (χ3v) is 5.39. The van der Waals surface area contributed by atoms with Crippen LogP contribution in [0.1, 0.15) is 40.5 Å². The van der Waals surface area contributed by atoms with Crippen molar-refractivity contribution in [3.8, 4) is 0 Å². The van der Waals surface area contributed by atoms with Crippen LogP contribution in [0.3, 0.4) is 0 Å². The van der Waals surface area contributed by atoms with Gasteiger partial charge in [0.15, 0.2) is 0 Å². The highest BCUT2D eigenvalue weighted by Gasteiger charge is 2.25. The van der Waals surface area contributed by atoms with Gasteiger partial charge < -0.3 is 11.1 Å². The maximum absolute atomic E-state index is 11.9. The maximum Gasteiger partial charge on any atom is 0.236 e. The molecule has 0 radical (unpaired) electrons. The Morgan fingerprint density at radius 1 is 1.16 bits per heavy atom. The minimum absolute atomic E-state index is 0.298. The fourth-order valence-corrected chi connectivity index (χ4v) is 3.10. The number of sulfonamides is 1. The fraction of sp³-hybridized carbons (Fsp3) is 0.917. The second-order valence-corrected chi connectivity index (χ2v) is 6.66. The molecule has 3 N–H and O–H groups in total. The van der Waals surface area contributed by atoms with Crippen LogP contribution in [0.5, 0.6) is 0 Å². The largest absolute Gasteiger partial charge is 0.353 e. The molecule has 0 aromatic rings. The van der Waals surface area contributed by atoms with Crippen molar-refractivity contribution in [3.63, 3.8) is 0 Å². The number of hydrogen-bond donors (Lipinski definition) is 2. The van der Waals surface area contributed by atoms with Gasteiger partial charge in [-0.15, -0.1) is 0 Å². The van der Waals surface area contributed by atoms with Gasteiger partial charge in [-0.25, -0.2) is 12.7 Å². The highest BCUT2D eigenvalue weighted by atomic mass is 32.2. The van der Waals surface area contributed by atoms with Gasteiger partial charge in [0.25, 0.3) is 0 Å². The van der Waals surface area contributed by atoms with Crippen LogP contribution in [-0.2, 0) is 14.8 Å². The van der Waals surface area contributed by atoms with Crippen molar-refractivity contribution in [2.45, 2.75) is 46.1 Å². The molecule has 1 amide bonds. The summed E-state index contributed by atoms with van der Waals surface area (Å²) in [6.45, 7) is 8.43. The Morgan fingerprint density at radius 2 is 1.63 bits per heavy atom. The normalized spacial score (nSPS) is 12.7. The van der Waals surface area contributed by atoms with Gasteiger partial charge in [-0.1, -0.05) is 27.7 Å². The van der Waals surface area contributed by atoms with E-state index in [4.69, 9.17) is 5.73 Å². The Hall–Kier alpha value is -0.660. The van der Waals surface area contributed by atoms with Gasteiger partial charge >= 0.3 is 0 Å². The molecule has 0 aromatic heterocycles. The lowest BCUT2D eigenvalue weighted by atomic mass is 9.94. The zero-order valence-electron chi connectivity index (χ0n) is 12.4. The summed E-state index contributed by atoms with van der Waals surface area (Å²) in [5.41, 5.74) is 5.58. The van der Waals surface area contributed by atoms with E-state index in [9.17, 15) is 13.2 Å². The van der Waals surface area contributed by atoms with Gasteiger partial charge in [-0.05, 0) is 12.8 Å². The standard InChI is InChI=1S/C12H27N3O3S/c1-5-12(13,6-2)10-14-11(16)9-19(17,18)15(7-3)8-4/h5-10,13H2,1-4H3,(H,14,16). The molecule has 0 aliphatic heterocycles. The molecule has 0 aromatic carbocycles. The van der Waals surface area contributed by atoms with Crippen molar-refractivity contribution >= 4 is 15.9 Å². The monoisotopic (exact) mass is 293 g/mol. The molecule has 0 fully saturated rings. The van der Waals surface area contributed by atoms with E-state index >= 15 is 0 Å². The predicted octanol–water partition coefficient (Wildman–Crippen LogP) is 0.292. The first-order valence-corrected chi connectivity index (χ1v) is 8.39. The van der Waals surface area contributed by atoms with E-state index in [-0.39, 0.29) is 0 Å². The summed E-state index contributed by atoms with van der Waals surface area (Å²) in [7, 11) is -3.52. The summed E-state index contributed by atoms with van der Waals surface area (Å²) in [5, 5.41) is 2.61. The highest BCUT2D eigenvalue weighted by molar-refractivity contribution is 7.89. The summed E-state index contributed by atoms with van der Waals surface area (Å²) in [6, 6.07) is 0. The van der Waals surface area contributed by atoms with Crippen molar-refractivity contribution in [3.05, 3.63) is 0 Å². The number of amides is 1. The average Bonchev–Trinajstić information content (AvgIpc) is 2.36. The zero-order chi connectivity index (χ0) is 15.1. The molecule has 0 saturated carbocycles. The molecule has 114 valence electrons. The lowest BCUT2D eigenvalue weighted by molar-refractivity contribution is -0.118. The van der Waals surface area contributed by atoms with E-state index in [0.717, 1.165) is 12.8 Å². The van der Waals surface area contributed by atoms with Gasteiger partial charge in [-0.3, -0.25) is 4.79 Å². The van der Waals surface area contributed by atoms with Gasteiger partial charge in [0, 0.05) is 25.2 Å². The molecule has 0 unspecified atom stereocenters. The van der Waals surface area contributed by atoms with E-state index in [0.29, 0.717) is 19.6 Å². The first-order valence-electron chi connectivity index (χ1n) is 6.78. The van der Waals surface area contributed by atoms with E-state index in [1.54, 1.807) is 13.8 Å². The summed E-state index contributed by atoms with van der Waals surface area (Å²) in [5.74, 6) is -1.01.